The minimum absolute atomic E-state index is 0.0557. The molecule has 1 saturated carbocycles. The molecule has 1 saturated heterocycles. The summed E-state index contributed by atoms with van der Waals surface area (Å²) < 4.78 is 0. The van der Waals surface area contributed by atoms with Gasteiger partial charge in [-0.05, 0) is 31.1 Å². The molecule has 2 aliphatic rings. The number of nitrogens with one attached hydrogen (secondary N) is 1. The van der Waals surface area contributed by atoms with Gasteiger partial charge in [0.05, 0.1) is 12.2 Å². The fourth-order valence-electron chi connectivity index (χ4n) is 3.72. The summed E-state index contributed by atoms with van der Waals surface area (Å²) in [4.78, 5) is 14.9. The van der Waals surface area contributed by atoms with Gasteiger partial charge in [0, 0.05) is 6.54 Å². The van der Waals surface area contributed by atoms with Gasteiger partial charge in [-0.25, -0.2) is 0 Å². The average Bonchev–Trinajstić information content (AvgIpc) is 2.77. The van der Waals surface area contributed by atoms with E-state index in [0.29, 0.717) is 11.8 Å². The van der Waals surface area contributed by atoms with Gasteiger partial charge < -0.3 is 4.90 Å². The molecule has 116 valence electrons. The summed E-state index contributed by atoms with van der Waals surface area (Å²) in [7, 11) is 0. The van der Waals surface area contributed by atoms with Crippen molar-refractivity contribution in [1.29, 1.82) is 0 Å². The maximum absolute atomic E-state index is 12.7. The predicted octanol–water partition coefficient (Wildman–Crippen LogP) is 3.54. The van der Waals surface area contributed by atoms with Crippen molar-refractivity contribution in [1.82, 2.24) is 10.2 Å². The molecule has 0 aromatic carbocycles. The fraction of sp³-hybridized carbons (Fsp3) is 0.941. The van der Waals surface area contributed by atoms with Crippen molar-refractivity contribution in [2.45, 2.75) is 84.3 Å². The quantitative estimate of drug-likeness (QED) is 0.807. The molecular weight excluding hydrogens is 248 g/mol. The highest BCUT2D eigenvalue weighted by Crippen LogP contribution is 2.28. The van der Waals surface area contributed by atoms with Crippen LogP contribution >= 0.6 is 0 Å². The largest absolute Gasteiger partial charge is 0.326 e. The molecule has 3 atom stereocenters. The molecule has 1 N–H and O–H groups in total. The number of carbonyl (C=O) groups is 1. The average molecular weight is 280 g/mol. The van der Waals surface area contributed by atoms with Gasteiger partial charge in [0.1, 0.15) is 0 Å². The SMILES string of the molecule is CCCC1NC(C(C)CC)C(=O)N1CC1CCCCC1. The van der Waals surface area contributed by atoms with Crippen LogP contribution in [0.15, 0.2) is 0 Å². The number of amides is 1. The zero-order chi connectivity index (χ0) is 14.5. The van der Waals surface area contributed by atoms with Gasteiger partial charge in [-0.2, -0.15) is 0 Å². The van der Waals surface area contributed by atoms with Crippen molar-refractivity contribution in [2.75, 3.05) is 6.54 Å². The monoisotopic (exact) mass is 280 g/mol. The third-order valence-corrected chi connectivity index (χ3v) is 5.25. The Balaban J connectivity index is 2.00. The second-order valence-corrected chi connectivity index (χ2v) is 6.83. The number of nitrogens with zero attached hydrogens (tertiary/aromatic N) is 1. The molecule has 0 radical (unpaired) electrons. The fourth-order valence-corrected chi connectivity index (χ4v) is 3.72. The molecule has 0 aromatic rings. The Bertz CT molecular complexity index is 312. The van der Waals surface area contributed by atoms with Crippen LogP contribution in [0.5, 0.6) is 0 Å². The third-order valence-electron chi connectivity index (χ3n) is 5.25. The normalized spacial score (nSPS) is 29.9. The van der Waals surface area contributed by atoms with E-state index in [1.165, 1.54) is 32.1 Å². The van der Waals surface area contributed by atoms with Crippen molar-refractivity contribution >= 4 is 5.91 Å². The van der Waals surface area contributed by atoms with Crippen molar-refractivity contribution in [2.24, 2.45) is 11.8 Å². The van der Waals surface area contributed by atoms with Crippen LogP contribution in [0.3, 0.4) is 0 Å². The van der Waals surface area contributed by atoms with Crippen molar-refractivity contribution in [3.05, 3.63) is 0 Å². The molecule has 1 aliphatic heterocycles. The van der Waals surface area contributed by atoms with Crippen LogP contribution in [-0.2, 0) is 4.79 Å². The van der Waals surface area contributed by atoms with Crippen molar-refractivity contribution < 1.29 is 4.79 Å². The van der Waals surface area contributed by atoms with Gasteiger partial charge in [-0.15, -0.1) is 0 Å². The van der Waals surface area contributed by atoms with E-state index in [1.807, 2.05) is 0 Å². The maximum Gasteiger partial charge on any atom is 0.241 e. The van der Waals surface area contributed by atoms with E-state index in [-0.39, 0.29) is 12.2 Å². The molecule has 0 aromatic heterocycles. The molecule has 1 amide bonds. The molecule has 3 heteroatoms. The first kappa shape index (κ1) is 15.8. The Hall–Kier alpha value is -0.570. The van der Waals surface area contributed by atoms with E-state index in [9.17, 15) is 4.79 Å². The molecule has 20 heavy (non-hydrogen) atoms. The smallest absolute Gasteiger partial charge is 0.241 e. The Labute approximate surface area is 124 Å². The van der Waals surface area contributed by atoms with Crippen LogP contribution in [0.2, 0.25) is 0 Å². The maximum atomic E-state index is 12.7. The Morgan fingerprint density at radius 2 is 1.95 bits per heavy atom. The van der Waals surface area contributed by atoms with Gasteiger partial charge in [0.2, 0.25) is 5.91 Å². The van der Waals surface area contributed by atoms with E-state index in [2.05, 4.69) is 31.0 Å². The van der Waals surface area contributed by atoms with Crippen LogP contribution in [0.4, 0.5) is 0 Å². The first-order valence-corrected chi connectivity index (χ1v) is 8.73. The zero-order valence-corrected chi connectivity index (χ0v) is 13.5. The van der Waals surface area contributed by atoms with Crippen LogP contribution in [0.1, 0.15) is 72.1 Å². The highest BCUT2D eigenvalue weighted by Gasteiger charge is 2.41. The molecule has 3 nitrogen and oxygen atoms in total. The number of hydrogen-bond acceptors (Lipinski definition) is 2. The summed E-state index contributed by atoms with van der Waals surface area (Å²) in [6, 6.07) is 0.0557. The molecular formula is C17H32N2O. The topological polar surface area (TPSA) is 32.3 Å². The Morgan fingerprint density at radius 1 is 1.25 bits per heavy atom. The molecule has 2 fully saturated rings. The molecule has 0 spiro atoms. The lowest BCUT2D eigenvalue weighted by atomic mass is 9.88. The van der Waals surface area contributed by atoms with Crippen LogP contribution in [-0.4, -0.2) is 29.6 Å². The van der Waals surface area contributed by atoms with Crippen molar-refractivity contribution in [3.8, 4) is 0 Å². The highest BCUT2D eigenvalue weighted by atomic mass is 16.2. The standard InChI is InChI=1S/C17H32N2O/c1-4-9-15-18-16(13(3)5-2)17(20)19(15)12-14-10-7-6-8-11-14/h13-16,18H,4-12H2,1-3H3. The van der Waals surface area contributed by atoms with E-state index in [1.54, 1.807) is 0 Å². The summed E-state index contributed by atoms with van der Waals surface area (Å²) in [6.07, 6.45) is 10.3. The Morgan fingerprint density at radius 3 is 2.55 bits per heavy atom. The second kappa shape index (κ2) is 7.44. The van der Waals surface area contributed by atoms with Crippen molar-refractivity contribution in [3.63, 3.8) is 0 Å². The highest BCUT2D eigenvalue weighted by molar-refractivity contribution is 5.84. The predicted molar refractivity (Wildman–Crippen MR) is 83.4 cm³/mol. The summed E-state index contributed by atoms with van der Waals surface area (Å²) in [6.45, 7) is 7.58. The first-order chi connectivity index (χ1) is 9.67. The summed E-state index contributed by atoms with van der Waals surface area (Å²) in [5.74, 6) is 1.55. The summed E-state index contributed by atoms with van der Waals surface area (Å²) in [5, 5.41) is 3.61. The van der Waals surface area contributed by atoms with Crippen LogP contribution in [0, 0.1) is 11.8 Å². The number of carbonyl (C=O) groups excluding carboxylic acids is 1. The van der Waals surface area contributed by atoms with E-state index in [0.717, 1.165) is 31.7 Å². The van der Waals surface area contributed by atoms with Crippen LogP contribution < -0.4 is 5.32 Å². The summed E-state index contributed by atoms with van der Waals surface area (Å²) in [5.41, 5.74) is 0. The lowest BCUT2D eigenvalue weighted by Gasteiger charge is -2.30. The molecule has 2 rings (SSSR count). The first-order valence-electron chi connectivity index (χ1n) is 8.73. The molecule has 1 heterocycles. The Kier molecular flexibility index (Phi) is 5.88. The van der Waals surface area contributed by atoms with Gasteiger partial charge in [0.15, 0.2) is 0 Å². The molecule has 0 bridgehead atoms. The number of hydrogen-bond donors (Lipinski definition) is 1. The van der Waals surface area contributed by atoms with Gasteiger partial charge >= 0.3 is 0 Å². The van der Waals surface area contributed by atoms with E-state index < -0.39 is 0 Å². The van der Waals surface area contributed by atoms with Crippen LogP contribution in [0.25, 0.3) is 0 Å². The van der Waals surface area contributed by atoms with Gasteiger partial charge in [-0.3, -0.25) is 10.1 Å². The molecule has 1 aliphatic carbocycles. The minimum Gasteiger partial charge on any atom is -0.326 e. The van der Waals surface area contributed by atoms with E-state index >= 15 is 0 Å². The third kappa shape index (κ3) is 3.55. The van der Waals surface area contributed by atoms with Gasteiger partial charge in [0.25, 0.3) is 0 Å². The molecule has 3 unspecified atom stereocenters. The number of rotatable bonds is 6. The lowest BCUT2D eigenvalue weighted by molar-refractivity contribution is -0.131. The minimum atomic E-state index is 0.0557. The zero-order valence-electron chi connectivity index (χ0n) is 13.5. The second-order valence-electron chi connectivity index (χ2n) is 6.83. The van der Waals surface area contributed by atoms with Gasteiger partial charge in [-0.1, -0.05) is 52.9 Å². The lowest BCUT2D eigenvalue weighted by Crippen LogP contribution is -2.40. The summed E-state index contributed by atoms with van der Waals surface area (Å²) >= 11 is 0. The van der Waals surface area contributed by atoms with E-state index in [4.69, 9.17) is 0 Å².